The predicted octanol–water partition coefficient (Wildman–Crippen LogP) is 6.41. The van der Waals surface area contributed by atoms with E-state index in [4.69, 9.17) is 66.1 Å². The third kappa shape index (κ3) is 12.6. The predicted molar refractivity (Wildman–Crippen MR) is 159 cm³/mol. The summed E-state index contributed by atoms with van der Waals surface area (Å²) in [6.07, 6.45) is -0.499. The molecule has 0 bridgehead atoms. The number of hydrogen-bond acceptors (Lipinski definition) is 8. The van der Waals surface area contributed by atoms with Crippen molar-refractivity contribution in [1.82, 2.24) is 10.2 Å². The van der Waals surface area contributed by atoms with E-state index in [2.05, 4.69) is 20.8 Å². The number of thiocarbonyl (C=S) groups is 2. The Morgan fingerprint density at radius 2 is 0.882 bits per heavy atom. The molecule has 0 saturated heterocycles. The fourth-order valence-corrected chi connectivity index (χ4v) is 9.56. The topological polar surface area (TPSA) is 85.0 Å². The Balaban J connectivity index is 2.97. The van der Waals surface area contributed by atoms with Crippen LogP contribution in [0.2, 0.25) is 0 Å². The quantitative estimate of drug-likeness (QED) is 0.161. The van der Waals surface area contributed by atoms with Crippen molar-refractivity contribution in [3.8, 4) is 0 Å². The number of nitrogens with one attached hydrogen (secondary N) is 4. The van der Waals surface area contributed by atoms with E-state index in [-0.39, 0.29) is 34.6 Å². The summed E-state index contributed by atoms with van der Waals surface area (Å²) in [6, 6.07) is 7.43. The molecule has 8 nitrogen and oxygen atoms in total. The highest BCUT2D eigenvalue weighted by Crippen LogP contribution is 2.47. The summed E-state index contributed by atoms with van der Waals surface area (Å²) in [5, 5.41) is 12.9. The van der Waals surface area contributed by atoms with E-state index in [9.17, 15) is 0 Å². The summed E-state index contributed by atoms with van der Waals surface area (Å²) in [5.41, 5.74) is 1.34. The molecule has 0 heterocycles. The van der Waals surface area contributed by atoms with Gasteiger partial charge >= 0.3 is 0 Å². The van der Waals surface area contributed by atoms with Gasteiger partial charge in [-0.05, 0) is 116 Å². The average Bonchev–Trinajstić information content (AvgIpc) is 2.59. The molecule has 0 unspecified atom stereocenters. The molecule has 34 heavy (non-hydrogen) atoms. The van der Waals surface area contributed by atoms with Crippen molar-refractivity contribution in [3.05, 3.63) is 24.3 Å². The van der Waals surface area contributed by atoms with Crippen molar-refractivity contribution in [1.29, 1.82) is 0 Å². The van der Waals surface area contributed by atoms with Crippen LogP contribution in [0.4, 0.5) is 11.4 Å². The lowest BCUT2D eigenvalue weighted by atomic mass is 10.2. The summed E-state index contributed by atoms with van der Waals surface area (Å²) in [5.74, 6) is 0. The second-order valence-corrected chi connectivity index (χ2v) is 15.3. The van der Waals surface area contributed by atoms with Crippen LogP contribution in [0.1, 0.15) is 55.4 Å². The van der Waals surface area contributed by atoms with Crippen LogP contribution in [-0.4, -0.2) is 34.6 Å². The first-order valence-electron chi connectivity index (χ1n) is 10.8. The van der Waals surface area contributed by atoms with Gasteiger partial charge in [-0.3, -0.25) is 10.2 Å². The third-order valence-electron chi connectivity index (χ3n) is 3.30. The maximum atomic E-state index is 5.85. The summed E-state index contributed by atoms with van der Waals surface area (Å²) in [4.78, 5) is 0. The van der Waals surface area contributed by atoms with Crippen molar-refractivity contribution >= 4 is 82.9 Å². The highest BCUT2D eigenvalue weighted by molar-refractivity contribution is 8.09. The Kier molecular flexibility index (Phi) is 13.5. The largest absolute Gasteiger partial charge is 0.331 e. The van der Waals surface area contributed by atoms with E-state index in [0.29, 0.717) is 11.4 Å². The molecular weight excluding hydrogens is 550 g/mol. The van der Waals surface area contributed by atoms with Gasteiger partial charge in [0.1, 0.15) is 0 Å². The van der Waals surface area contributed by atoms with Crippen LogP contribution in [0.3, 0.4) is 0 Å². The molecule has 194 valence electrons. The zero-order valence-electron chi connectivity index (χ0n) is 20.8. The Bertz CT molecular complexity index is 831. The second kappa shape index (κ2) is 14.5. The first kappa shape index (κ1) is 31.8. The van der Waals surface area contributed by atoms with Crippen LogP contribution >= 0.6 is 37.7 Å². The summed E-state index contributed by atoms with van der Waals surface area (Å²) in [7, 11) is 0. The normalized spacial score (nSPS) is 12.4. The van der Waals surface area contributed by atoms with Crippen molar-refractivity contribution < 1.29 is 18.1 Å². The van der Waals surface area contributed by atoms with Crippen LogP contribution in [0.15, 0.2) is 24.3 Å². The fourth-order valence-electron chi connectivity index (χ4n) is 2.52. The fraction of sp³-hybridized carbons (Fsp3) is 0.600. The maximum Gasteiger partial charge on any atom is 0.289 e. The SMILES string of the molecule is CC(C)OP(=S)(NC(=S)Nc1ccccc1NC(=S)NP(=S)(OC(C)C)OC(C)C)OC(C)C. The van der Waals surface area contributed by atoms with Crippen molar-refractivity contribution in [2.24, 2.45) is 0 Å². The molecule has 1 rings (SSSR count). The lowest BCUT2D eigenvalue weighted by molar-refractivity contribution is 0.171. The van der Waals surface area contributed by atoms with Crippen LogP contribution in [0, 0.1) is 0 Å². The zero-order chi connectivity index (χ0) is 26.1. The van der Waals surface area contributed by atoms with Crippen LogP contribution in [0.25, 0.3) is 0 Å². The van der Waals surface area contributed by atoms with E-state index in [1.807, 2.05) is 79.7 Å². The minimum absolute atomic E-state index is 0.125. The van der Waals surface area contributed by atoms with E-state index in [0.717, 1.165) is 0 Å². The monoisotopic (exact) mass is 586 g/mol. The van der Waals surface area contributed by atoms with Gasteiger partial charge in [0.2, 0.25) is 0 Å². The molecule has 4 N–H and O–H groups in total. The molecule has 0 amide bonds. The molecule has 0 aromatic heterocycles. The maximum absolute atomic E-state index is 5.85. The van der Waals surface area contributed by atoms with Gasteiger partial charge in [-0.25, -0.2) is 0 Å². The minimum Gasteiger partial charge on any atom is -0.331 e. The molecular formula is C20H36N4O4P2S4. The molecule has 1 aromatic rings. The van der Waals surface area contributed by atoms with E-state index >= 15 is 0 Å². The molecule has 0 spiro atoms. The molecule has 1 aromatic carbocycles. The standard InChI is InChI=1S/C20H36N4O4P2S4/c1-13(2)25-29(33,26-14(3)4)23-19(31)21-17-11-9-10-12-18(17)22-20(32)24-30(34,27-15(5)6)28-16(7)8/h9-16H,1-8H3,(H2,21,23,31,33)(H2,22,24,32,34). The Hall–Kier alpha value is -0.260. The van der Waals surface area contributed by atoms with Crippen LogP contribution in [-0.2, 0) is 41.7 Å². The summed E-state index contributed by atoms with van der Waals surface area (Å²) in [6.45, 7) is 9.45. The second-order valence-electron chi connectivity index (χ2n) is 8.29. The molecule has 0 aliphatic carbocycles. The third-order valence-corrected chi connectivity index (χ3v) is 9.38. The molecule has 14 heteroatoms. The van der Waals surface area contributed by atoms with Gasteiger partial charge < -0.3 is 28.7 Å². The first-order chi connectivity index (χ1) is 15.6. The molecule has 0 saturated carbocycles. The zero-order valence-corrected chi connectivity index (χ0v) is 25.8. The average molecular weight is 587 g/mol. The highest BCUT2D eigenvalue weighted by atomic mass is 32.5. The highest BCUT2D eigenvalue weighted by Gasteiger charge is 2.26. The molecule has 0 aliphatic rings. The van der Waals surface area contributed by atoms with Crippen LogP contribution in [0.5, 0.6) is 0 Å². The van der Waals surface area contributed by atoms with Gasteiger partial charge in [0, 0.05) is 0 Å². The smallest absolute Gasteiger partial charge is 0.289 e. The van der Waals surface area contributed by atoms with E-state index in [1.54, 1.807) is 0 Å². The van der Waals surface area contributed by atoms with Gasteiger partial charge in [-0.1, -0.05) is 12.1 Å². The summed E-state index contributed by atoms with van der Waals surface area (Å²) >= 11 is 22.2. The molecule has 0 aliphatic heterocycles. The summed E-state index contributed by atoms with van der Waals surface area (Å²) < 4.78 is 23.4. The minimum atomic E-state index is -2.84. The number of anilines is 2. The van der Waals surface area contributed by atoms with Crippen molar-refractivity contribution in [2.45, 2.75) is 79.8 Å². The van der Waals surface area contributed by atoms with Crippen molar-refractivity contribution in [3.63, 3.8) is 0 Å². The van der Waals surface area contributed by atoms with Crippen LogP contribution < -0.4 is 20.8 Å². The molecule has 0 radical (unpaired) electrons. The van der Waals surface area contributed by atoms with Gasteiger partial charge in [-0.2, -0.15) is 0 Å². The van der Waals surface area contributed by atoms with Gasteiger partial charge in [0.15, 0.2) is 10.2 Å². The molecule has 0 atom stereocenters. The Morgan fingerprint density at radius 1 is 0.618 bits per heavy atom. The molecule has 0 fully saturated rings. The number of hydrogen-bond donors (Lipinski definition) is 4. The van der Waals surface area contributed by atoms with Crippen molar-refractivity contribution in [2.75, 3.05) is 10.6 Å². The number of para-hydroxylation sites is 2. The van der Waals surface area contributed by atoms with Gasteiger partial charge in [-0.15, -0.1) is 0 Å². The first-order valence-corrected chi connectivity index (χ1v) is 16.9. The number of rotatable bonds is 12. The lowest BCUT2D eigenvalue weighted by Gasteiger charge is -2.29. The Morgan fingerprint density at radius 3 is 1.12 bits per heavy atom. The number of benzene rings is 1. The Labute approximate surface area is 225 Å². The van der Waals surface area contributed by atoms with E-state index < -0.39 is 13.3 Å². The lowest BCUT2D eigenvalue weighted by Crippen LogP contribution is -2.31. The van der Waals surface area contributed by atoms with Gasteiger partial charge in [0.25, 0.3) is 13.3 Å². The van der Waals surface area contributed by atoms with E-state index in [1.165, 1.54) is 0 Å². The van der Waals surface area contributed by atoms with Gasteiger partial charge in [0.05, 0.1) is 35.8 Å².